The highest BCUT2D eigenvalue weighted by Crippen LogP contribution is 2.10. The molecule has 0 aliphatic rings. The van der Waals surface area contributed by atoms with E-state index in [1.165, 1.54) is 25.7 Å². The Hall–Kier alpha value is -0.900. The van der Waals surface area contributed by atoms with Crippen molar-refractivity contribution < 1.29 is 0 Å². The summed E-state index contributed by atoms with van der Waals surface area (Å²) in [6, 6.07) is 0. The Bertz CT molecular complexity index is 295. The monoisotopic (exact) mass is 238 g/mol. The molecule has 0 radical (unpaired) electrons. The lowest BCUT2D eigenvalue weighted by atomic mass is 9.99. The predicted molar refractivity (Wildman–Crippen MR) is 70.9 cm³/mol. The molecule has 1 aromatic rings. The van der Waals surface area contributed by atoms with Crippen LogP contribution in [0.4, 0.5) is 0 Å². The molecular formula is C13H26N4. The van der Waals surface area contributed by atoms with Crippen molar-refractivity contribution in [1.82, 2.24) is 20.1 Å². The zero-order chi connectivity index (χ0) is 12.5. The van der Waals surface area contributed by atoms with Crippen LogP contribution in [0.2, 0.25) is 0 Å². The minimum atomic E-state index is 0.828. The summed E-state index contributed by atoms with van der Waals surface area (Å²) < 4.78 is 1.98. The van der Waals surface area contributed by atoms with E-state index in [2.05, 4.69) is 29.4 Å². The van der Waals surface area contributed by atoms with Crippen molar-refractivity contribution in [2.75, 3.05) is 13.1 Å². The number of rotatable bonds is 9. The van der Waals surface area contributed by atoms with Gasteiger partial charge >= 0.3 is 0 Å². The third kappa shape index (κ3) is 5.31. The zero-order valence-electron chi connectivity index (χ0n) is 11.4. The fourth-order valence-electron chi connectivity index (χ4n) is 1.98. The maximum Gasteiger partial charge on any atom is 0.133 e. The highest BCUT2D eigenvalue weighted by molar-refractivity contribution is 4.84. The highest BCUT2D eigenvalue weighted by Gasteiger charge is 2.05. The van der Waals surface area contributed by atoms with Gasteiger partial charge in [0.05, 0.1) is 0 Å². The Labute approximate surface area is 105 Å². The first-order valence-corrected chi connectivity index (χ1v) is 6.81. The van der Waals surface area contributed by atoms with Gasteiger partial charge in [-0.15, -0.1) is 10.2 Å². The molecule has 4 heteroatoms. The van der Waals surface area contributed by atoms with Crippen LogP contribution in [-0.4, -0.2) is 27.9 Å². The molecule has 17 heavy (non-hydrogen) atoms. The molecule has 0 aliphatic carbocycles. The molecule has 0 fully saturated rings. The van der Waals surface area contributed by atoms with Crippen molar-refractivity contribution in [2.24, 2.45) is 13.0 Å². The van der Waals surface area contributed by atoms with Gasteiger partial charge in [0.1, 0.15) is 12.2 Å². The summed E-state index contributed by atoms with van der Waals surface area (Å²) in [6.07, 6.45) is 7.99. The van der Waals surface area contributed by atoms with Crippen molar-refractivity contribution in [1.29, 1.82) is 0 Å². The molecule has 0 spiro atoms. The van der Waals surface area contributed by atoms with Crippen LogP contribution in [-0.2, 0) is 13.5 Å². The molecular weight excluding hydrogens is 212 g/mol. The van der Waals surface area contributed by atoms with Crippen molar-refractivity contribution in [3.05, 3.63) is 12.2 Å². The van der Waals surface area contributed by atoms with Crippen LogP contribution in [0.15, 0.2) is 6.33 Å². The molecule has 1 heterocycles. The smallest absolute Gasteiger partial charge is 0.133 e. The fourth-order valence-corrected chi connectivity index (χ4v) is 1.98. The van der Waals surface area contributed by atoms with Crippen LogP contribution < -0.4 is 5.32 Å². The number of aryl methyl sites for hydroxylation is 1. The third-order valence-corrected chi connectivity index (χ3v) is 3.31. The summed E-state index contributed by atoms with van der Waals surface area (Å²) >= 11 is 0. The first-order chi connectivity index (χ1) is 8.27. The third-order valence-electron chi connectivity index (χ3n) is 3.31. The van der Waals surface area contributed by atoms with Crippen LogP contribution in [0.5, 0.6) is 0 Å². The number of nitrogens with zero attached hydrogens (tertiary/aromatic N) is 3. The lowest BCUT2D eigenvalue weighted by Gasteiger charge is -2.15. The number of nitrogens with one attached hydrogen (secondary N) is 1. The standard InChI is InChI=1S/C13H26N4/c1-4-6-7-12(5-2)10-14-9-8-13-16-15-11-17(13)3/h11-12,14H,4-10H2,1-3H3. The Morgan fingerprint density at radius 1 is 1.41 bits per heavy atom. The first-order valence-electron chi connectivity index (χ1n) is 6.81. The minimum Gasteiger partial charge on any atom is -0.321 e. The predicted octanol–water partition coefficient (Wildman–Crippen LogP) is 2.16. The molecule has 1 N–H and O–H groups in total. The summed E-state index contributed by atoms with van der Waals surface area (Å²) in [5.74, 6) is 1.88. The summed E-state index contributed by atoms with van der Waals surface area (Å²) in [5, 5.41) is 11.5. The molecule has 1 unspecified atom stereocenters. The largest absolute Gasteiger partial charge is 0.321 e. The van der Waals surface area contributed by atoms with Crippen LogP contribution in [0.1, 0.15) is 45.4 Å². The van der Waals surface area contributed by atoms with Gasteiger partial charge in [-0.2, -0.15) is 0 Å². The van der Waals surface area contributed by atoms with Gasteiger partial charge in [0.15, 0.2) is 0 Å². The van der Waals surface area contributed by atoms with Crippen LogP contribution in [0, 0.1) is 5.92 Å². The van der Waals surface area contributed by atoms with E-state index in [0.717, 1.165) is 31.3 Å². The quantitative estimate of drug-likeness (QED) is 0.670. The van der Waals surface area contributed by atoms with E-state index >= 15 is 0 Å². The zero-order valence-corrected chi connectivity index (χ0v) is 11.4. The van der Waals surface area contributed by atoms with E-state index in [4.69, 9.17) is 0 Å². The summed E-state index contributed by atoms with van der Waals surface area (Å²) in [7, 11) is 1.99. The second-order valence-corrected chi connectivity index (χ2v) is 4.73. The molecule has 0 aliphatic heterocycles. The molecule has 0 saturated carbocycles. The number of hydrogen-bond donors (Lipinski definition) is 1. The van der Waals surface area contributed by atoms with Crippen molar-refractivity contribution in [2.45, 2.75) is 46.0 Å². The summed E-state index contributed by atoms with van der Waals surface area (Å²) in [6.45, 7) is 6.67. The van der Waals surface area contributed by atoms with Crippen molar-refractivity contribution in [3.63, 3.8) is 0 Å². The maximum atomic E-state index is 4.08. The van der Waals surface area contributed by atoms with Gasteiger partial charge in [-0.05, 0) is 18.9 Å². The topological polar surface area (TPSA) is 42.7 Å². The Morgan fingerprint density at radius 2 is 2.24 bits per heavy atom. The van der Waals surface area contributed by atoms with Crippen LogP contribution in [0.3, 0.4) is 0 Å². The molecule has 0 amide bonds. The van der Waals surface area contributed by atoms with Gasteiger partial charge in [-0.3, -0.25) is 0 Å². The van der Waals surface area contributed by atoms with Crippen molar-refractivity contribution in [3.8, 4) is 0 Å². The number of hydrogen-bond acceptors (Lipinski definition) is 3. The maximum absolute atomic E-state index is 4.08. The Morgan fingerprint density at radius 3 is 2.82 bits per heavy atom. The van der Waals surface area contributed by atoms with Gasteiger partial charge in [-0.1, -0.05) is 33.1 Å². The average molecular weight is 238 g/mol. The Balaban J connectivity index is 2.12. The Kier molecular flexibility index (Phi) is 6.86. The van der Waals surface area contributed by atoms with Gasteiger partial charge in [0.2, 0.25) is 0 Å². The van der Waals surface area contributed by atoms with E-state index in [1.54, 1.807) is 6.33 Å². The van der Waals surface area contributed by atoms with Crippen molar-refractivity contribution >= 4 is 0 Å². The second kappa shape index (κ2) is 8.23. The fraction of sp³-hybridized carbons (Fsp3) is 0.846. The van der Waals surface area contributed by atoms with E-state index in [9.17, 15) is 0 Å². The normalized spacial score (nSPS) is 12.9. The highest BCUT2D eigenvalue weighted by atomic mass is 15.2. The number of unbranched alkanes of at least 4 members (excludes halogenated alkanes) is 1. The van der Waals surface area contributed by atoms with Gasteiger partial charge < -0.3 is 9.88 Å². The molecule has 0 bridgehead atoms. The van der Waals surface area contributed by atoms with Gasteiger partial charge in [-0.25, -0.2) is 0 Å². The molecule has 1 aromatic heterocycles. The van der Waals surface area contributed by atoms with E-state index in [0.29, 0.717) is 0 Å². The lowest BCUT2D eigenvalue weighted by Crippen LogP contribution is -2.25. The summed E-state index contributed by atoms with van der Waals surface area (Å²) in [4.78, 5) is 0. The lowest BCUT2D eigenvalue weighted by molar-refractivity contribution is 0.420. The molecule has 1 atom stereocenters. The van der Waals surface area contributed by atoms with Gasteiger partial charge in [0, 0.05) is 20.0 Å². The van der Waals surface area contributed by atoms with Gasteiger partial charge in [0.25, 0.3) is 0 Å². The molecule has 0 saturated heterocycles. The van der Waals surface area contributed by atoms with Crippen LogP contribution in [0.25, 0.3) is 0 Å². The summed E-state index contributed by atoms with van der Waals surface area (Å²) in [5.41, 5.74) is 0. The average Bonchev–Trinajstić information content (AvgIpc) is 2.74. The molecule has 1 rings (SSSR count). The second-order valence-electron chi connectivity index (χ2n) is 4.73. The molecule has 0 aromatic carbocycles. The molecule has 98 valence electrons. The van der Waals surface area contributed by atoms with E-state index in [1.807, 2.05) is 11.6 Å². The van der Waals surface area contributed by atoms with E-state index < -0.39 is 0 Å². The SMILES string of the molecule is CCCCC(CC)CNCCc1nncn1C. The van der Waals surface area contributed by atoms with Crippen LogP contribution >= 0.6 is 0 Å². The first kappa shape index (κ1) is 14.2. The minimum absolute atomic E-state index is 0.828. The van der Waals surface area contributed by atoms with E-state index in [-0.39, 0.29) is 0 Å². The molecule has 4 nitrogen and oxygen atoms in total. The number of aromatic nitrogens is 3.